The highest BCUT2D eigenvalue weighted by Crippen LogP contribution is 2.18. The van der Waals surface area contributed by atoms with Crippen molar-refractivity contribution in [2.45, 2.75) is 33.1 Å². The summed E-state index contributed by atoms with van der Waals surface area (Å²) in [6, 6.07) is 6.96. The van der Waals surface area contributed by atoms with Crippen molar-refractivity contribution < 1.29 is 9.59 Å². The lowest BCUT2D eigenvalue weighted by Gasteiger charge is -2.30. The minimum Gasteiger partial charge on any atom is -0.352 e. The van der Waals surface area contributed by atoms with Crippen LogP contribution in [0, 0.1) is 5.92 Å². The van der Waals surface area contributed by atoms with Crippen LogP contribution in [0.3, 0.4) is 0 Å². The van der Waals surface area contributed by atoms with Crippen molar-refractivity contribution in [3.05, 3.63) is 35.4 Å². The first-order chi connectivity index (χ1) is 10.1. The fourth-order valence-electron chi connectivity index (χ4n) is 2.50. The third-order valence-corrected chi connectivity index (χ3v) is 4.00. The SMILES string of the molecule is CCCNC(=O)c1ccc(C(=O)N2CCC(C)CC2)cc1. The Morgan fingerprint density at radius 1 is 1.14 bits per heavy atom. The lowest BCUT2D eigenvalue weighted by molar-refractivity contribution is 0.0696. The molecule has 21 heavy (non-hydrogen) atoms. The molecule has 1 fully saturated rings. The number of amides is 2. The van der Waals surface area contributed by atoms with Gasteiger partial charge in [0.2, 0.25) is 0 Å². The van der Waals surface area contributed by atoms with Crippen LogP contribution in [-0.2, 0) is 0 Å². The van der Waals surface area contributed by atoms with Gasteiger partial charge in [0.05, 0.1) is 0 Å². The summed E-state index contributed by atoms with van der Waals surface area (Å²) in [5.74, 6) is 0.698. The van der Waals surface area contributed by atoms with Crippen molar-refractivity contribution >= 4 is 11.8 Å². The molecule has 4 nitrogen and oxygen atoms in total. The van der Waals surface area contributed by atoms with Gasteiger partial charge in [-0.1, -0.05) is 13.8 Å². The van der Waals surface area contributed by atoms with E-state index in [1.807, 2.05) is 11.8 Å². The summed E-state index contributed by atoms with van der Waals surface area (Å²) in [6.07, 6.45) is 3.06. The molecule has 1 aliphatic rings. The Labute approximate surface area is 126 Å². The first-order valence-electron chi connectivity index (χ1n) is 7.79. The van der Waals surface area contributed by atoms with Crippen molar-refractivity contribution in [1.82, 2.24) is 10.2 Å². The number of nitrogens with zero attached hydrogens (tertiary/aromatic N) is 1. The first kappa shape index (κ1) is 15.5. The van der Waals surface area contributed by atoms with E-state index in [1.165, 1.54) is 0 Å². The van der Waals surface area contributed by atoms with Crippen molar-refractivity contribution in [2.75, 3.05) is 19.6 Å². The third-order valence-electron chi connectivity index (χ3n) is 4.00. The van der Waals surface area contributed by atoms with Gasteiger partial charge in [-0.05, 0) is 49.4 Å². The number of benzene rings is 1. The molecule has 1 aromatic carbocycles. The second kappa shape index (κ2) is 7.25. The quantitative estimate of drug-likeness (QED) is 0.926. The predicted octanol–water partition coefficient (Wildman–Crippen LogP) is 2.70. The number of carbonyl (C=O) groups excluding carboxylic acids is 2. The van der Waals surface area contributed by atoms with Gasteiger partial charge < -0.3 is 10.2 Å². The summed E-state index contributed by atoms with van der Waals surface area (Å²) in [5, 5.41) is 2.83. The number of piperidine rings is 1. The van der Waals surface area contributed by atoms with Crippen LogP contribution < -0.4 is 5.32 Å². The Kier molecular flexibility index (Phi) is 5.37. The van der Waals surface area contributed by atoms with E-state index < -0.39 is 0 Å². The molecule has 0 bridgehead atoms. The highest BCUT2D eigenvalue weighted by molar-refractivity contribution is 5.97. The van der Waals surface area contributed by atoms with E-state index in [0.717, 1.165) is 32.4 Å². The Morgan fingerprint density at radius 3 is 2.29 bits per heavy atom. The van der Waals surface area contributed by atoms with Crippen LogP contribution >= 0.6 is 0 Å². The van der Waals surface area contributed by atoms with E-state index in [2.05, 4.69) is 12.2 Å². The van der Waals surface area contributed by atoms with E-state index in [0.29, 0.717) is 23.6 Å². The molecule has 2 amide bonds. The highest BCUT2D eigenvalue weighted by atomic mass is 16.2. The monoisotopic (exact) mass is 288 g/mol. The average molecular weight is 288 g/mol. The maximum Gasteiger partial charge on any atom is 0.253 e. The number of likely N-dealkylation sites (tertiary alicyclic amines) is 1. The molecule has 0 spiro atoms. The molecule has 0 unspecified atom stereocenters. The molecular formula is C17H24N2O2. The van der Waals surface area contributed by atoms with Crippen LogP contribution in [0.1, 0.15) is 53.8 Å². The normalized spacial score (nSPS) is 15.8. The molecule has 1 heterocycles. The lowest BCUT2D eigenvalue weighted by atomic mass is 9.98. The summed E-state index contributed by atoms with van der Waals surface area (Å²) in [7, 11) is 0. The Balaban J connectivity index is 1.98. The van der Waals surface area contributed by atoms with Crippen molar-refractivity contribution in [3.63, 3.8) is 0 Å². The second-order valence-electron chi connectivity index (χ2n) is 5.81. The summed E-state index contributed by atoms with van der Waals surface area (Å²) in [6.45, 7) is 6.58. The average Bonchev–Trinajstić information content (AvgIpc) is 2.53. The molecule has 1 aromatic rings. The molecule has 0 saturated carbocycles. The fraction of sp³-hybridized carbons (Fsp3) is 0.529. The zero-order chi connectivity index (χ0) is 15.2. The van der Waals surface area contributed by atoms with Crippen molar-refractivity contribution in [1.29, 1.82) is 0 Å². The summed E-state index contributed by atoms with van der Waals surface area (Å²) in [4.78, 5) is 26.1. The molecule has 1 saturated heterocycles. The number of carbonyl (C=O) groups is 2. The molecule has 114 valence electrons. The number of hydrogen-bond acceptors (Lipinski definition) is 2. The summed E-state index contributed by atoms with van der Waals surface area (Å²) >= 11 is 0. The minimum atomic E-state index is -0.0809. The molecule has 4 heteroatoms. The van der Waals surface area contributed by atoms with Crippen LogP contribution in [0.4, 0.5) is 0 Å². The van der Waals surface area contributed by atoms with Crippen molar-refractivity contribution in [3.8, 4) is 0 Å². The van der Waals surface area contributed by atoms with Crippen molar-refractivity contribution in [2.24, 2.45) is 5.92 Å². The van der Waals surface area contributed by atoms with Crippen LogP contribution in [0.15, 0.2) is 24.3 Å². The fourth-order valence-corrected chi connectivity index (χ4v) is 2.50. The third kappa shape index (κ3) is 4.06. The van der Waals surface area contributed by atoms with Gasteiger partial charge >= 0.3 is 0 Å². The van der Waals surface area contributed by atoms with Crippen LogP contribution in [0.25, 0.3) is 0 Å². The van der Waals surface area contributed by atoms with Gasteiger partial charge in [0, 0.05) is 30.8 Å². The van der Waals surface area contributed by atoms with E-state index in [9.17, 15) is 9.59 Å². The number of rotatable bonds is 4. The van der Waals surface area contributed by atoms with Crippen LogP contribution in [-0.4, -0.2) is 36.3 Å². The molecule has 2 rings (SSSR count). The smallest absolute Gasteiger partial charge is 0.253 e. The molecule has 0 aromatic heterocycles. The minimum absolute atomic E-state index is 0.0717. The molecule has 1 aliphatic heterocycles. The van der Waals surface area contributed by atoms with Gasteiger partial charge in [-0.25, -0.2) is 0 Å². The largest absolute Gasteiger partial charge is 0.352 e. The Bertz CT molecular complexity index is 488. The predicted molar refractivity (Wildman–Crippen MR) is 83.4 cm³/mol. The van der Waals surface area contributed by atoms with Gasteiger partial charge in [-0.2, -0.15) is 0 Å². The zero-order valence-corrected chi connectivity index (χ0v) is 12.9. The summed E-state index contributed by atoms with van der Waals surface area (Å²) < 4.78 is 0. The van der Waals surface area contributed by atoms with E-state index >= 15 is 0 Å². The van der Waals surface area contributed by atoms with Gasteiger partial charge in [-0.15, -0.1) is 0 Å². The second-order valence-corrected chi connectivity index (χ2v) is 5.81. The van der Waals surface area contributed by atoms with Crippen LogP contribution in [0.5, 0.6) is 0 Å². The van der Waals surface area contributed by atoms with Gasteiger partial charge in [0.15, 0.2) is 0 Å². The van der Waals surface area contributed by atoms with Gasteiger partial charge in [0.1, 0.15) is 0 Å². The highest BCUT2D eigenvalue weighted by Gasteiger charge is 2.21. The van der Waals surface area contributed by atoms with Gasteiger partial charge in [-0.3, -0.25) is 9.59 Å². The van der Waals surface area contributed by atoms with Crippen LogP contribution in [0.2, 0.25) is 0 Å². The van der Waals surface area contributed by atoms with E-state index in [4.69, 9.17) is 0 Å². The maximum absolute atomic E-state index is 12.4. The first-order valence-corrected chi connectivity index (χ1v) is 7.79. The lowest BCUT2D eigenvalue weighted by Crippen LogP contribution is -2.37. The zero-order valence-electron chi connectivity index (χ0n) is 12.9. The molecule has 0 radical (unpaired) electrons. The molecular weight excluding hydrogens is 264 g/mol. The molecule has 0 atom stereocenters. The topological polar surface area (TPSA) is 49.4 Å². The summed E-state index contributed by atoms with van der Waals surface area (Å²) in [5.41, 5.74) is 1.27. The standard InChI is InChI=1S/C17H24N2O2/c1-3-10-18-16(20)14-4-6-15(7-5-14)17(21)19-11-8-13(2)9-12-19/h4-7,13H,3,8-12H2,1-2H3,(H,18,20). The maximum atomic E-state index is 12.4. The number of hydrogen-bond donors (Lipinski definition) is 1. The van der Waals surface area contributed by atoms with Gasteiger partial charge in [0.25, 0.3) is 11.8 Å². The Morgan fingerprint density at radius 2 is 1.71 bits per heavy atom. The van der Waals surface area contributed by atoms with E-state index in [1.54, 1.807) is 24.3 Å². The number of nitrogens with one attached hydrogen (secondary N) is 1. The Hall–Kier alpha value is -1.84. The van der Waals surface area contributed by atoms with E-state index in [-0.39, 0.29) is 11.8 Å². The molecule has 1 N–H and O–H groups in total. The molecule has 0 aliphatic carbocycles.